The first kappa shape index (κ1) is 15.8. The lowest BCUT2D eigenvalue weighted by atomic mass is 10.1. The van der Waals surface area contributed by atoms with Gasteiger partial charge < -0.3 is 5.32 Å². The molecule has 1 N–H and O–H groups in total. The van der Waals surface area contributed by atoms with Gasteiger partial charge in [-0.25, -0.2) is 9.97 Å². The third kappa shape index (κ3) is 3.39. The molecule has 0 saturated heterocycles. The van der Waals surface area contributed by atoms with Gasteiger partial charge in [-0.3, -0.25) is 0 Å². The lowest BCUT2D eigenvalue weighted by Gasteiger charge is -2.12. The molecule has 0 saturated carbocycles. The third-order valence-corrected chi connectivity index (χ3v) is 4.50. The van der Waals surface area contributed by atoms with Gasteiger partial charge in [0.1, 0.15) is 5.82 Å². The molecular weight excluding hydrogens is 374 g/mol. The smallest absolute Gasteiger partial charge is 0.162 e. The predicted octanol–water partition coefficient (Wildman–Crippen LogP) is 6.11. The van der Waals surface area contributed by atoms with Gasteiger partial charge in [-0.2, -0.15) is 0 Å². The Hall–Kier alpha value is -2.72. The summed E-state index contributed by atoms with van der Waals surface area (Å²) in [4.78, 5) is 9.52. The zero-order valence-electron chi connectivity index (χ0n) is 13.7. The molecule has 3 nitrogen and oxygen atoms in total. The number of aromatic nitrogens is 2. The summed E-state index contributed by atoms with van der Waals surface area (Å²) in [5.74, 6) is 1.51. The first-order valence-electron chi connectivity index (χ1n) is 8.05. The summed E-state index contributed by atoms with van der Waals surface area (Å²) < 4.78 is 1.00. The highest BCUT2D eigenvalue weighted by molar-refractivity contribution is 9.10. The Balaban J connectivity index is 1.87. The molecule has 0 aliphatic heterocycles. The molecule has 122 valence electrons. The van der Waals surface area contributed by atoms with Crippen LogP contribution in [0.1, 0.15) is 5.56 Å². The van der Waals surface area contributed by atoms with Crippen molar-refractivity contribution in [3.63, 3.8) is 0 Å². The second kappa shape index (κ2) is 6.65. The van der Waals surface area contributed by atoms with Crippen molar-refractivity contribution in [2.75, 3.05) is 5.32 Å². The van der Waals surface area contributed by atoms with Crippen LogP contribution in [-0.4, -0.2) is 9.97 Å². The van der Waals surface area contributed by atoms with Gasteiger partial charge >= 0.3 is 0 Å². The van der Waals surface area contributed by atoms with Crippen molar-refractivity contribution in [3.8, 4) is 11.4 Å². The minimum absolute atomic E-state index is 0.713. The third-order valence-electron chi connectivity index (χ3n) is 4.00. The van der Waals surface area contributed by atoms with Crippen molar-refractivity contribution in [1.82, 2.24) is 9.97 Å². The average molecular weight is 390 g/mol. The van der Waals surface area contributed by atoms with Gasteiger partial charge in [-0.05, 0) is 37.3 Å². The summed E-state index contributed by atoms with van der Waals surface area (Å²) in [7, 11) is 0. The monoisotopic (exact) mass is 389 g/mol. The van der Waals surface area contributed by atoms with Gasteiger partial charge in [0.25, 0.3) is 0 Å². The van der Waals surface area contributed by atoms with Crippen LogP contribution in [0.4, 0.5) is 11.5 Å². The van der Waals surface area contributed by atoms with E-state index in [0.29, 0.717) is 5.82 Å². The maximum atomic E-state index is 4.79. The molecule has 3 aromatic carbocycles. The van der Waals surface area contributed by atoms with Gasteiger partial charge in [-0.1, -0.05) is 64.0 Å². The van der Waals surface area contributed by atoms with Crippen molar-refractivity contribution in [1.29, 1.82) is 0 Å². The molecule has 4 rings (SSSR count). The highest BCUT2D eigenvalue weighted by atomic mass is 79.9. The molecule has 0 spiro atoms. The van der Waals surface area contributed by atoms with E-state index in [4.69, 9.17) is 9.97 Å². The van der Waals surface area contributed by atoms with Crippen LogP contribution < -0.4 is 5.32 Å². The summed E-state index contributed by atoms with van der Waals surface area (Å²) in [6.07, 6.45) is 0. The number of benzene rings is 3. The van der Waals surface area contributed by atoms with E-state index in [1.807, 2.05) is 48.5 Å². The quantitative estimate of drug-likeness (QED) is 0.459. The first-order chi connectivity index (χ1) is 12.2. The molecule has 1 heterocycles. The van der Waals surface area contributed by atoms with Crippen LogP contribution in [0.3, 0.4) is 0 Å². The van der Waals surface area contributed by atoms with E-state index in [1.54, 1.807) is 0 Å². The van der Waals surface area contributed by atoms with Gasteiger partial charge in [0.2, 0.25) is 0 Å². The Labute approximate surface area is 154 Å². The van der Waals surface area contributed by atoms with Crippen molar-refractivity contribution in [3.05, 3.63) is 82.8 Å². The van der Waals surface area contributed by atoms with Crippen LogP contribution in [0.15, 0.2) is 77.3 Å². The fourth-order valence-corrected chi connectivity index (χ4v) is 3.05. The minimum Gasteiger partial charge on any atom is -0.340 e. The number of fused-ring (bicyclic) bond motifs is 1. The number of anilines is 2. The predicted molar refractivity (Wildman–Crippen MR) is 107 cm³/mol. The molecule has 25 heavy (non-hydrogen) atoms. The molecule has 0 aliphatic rings. The number of rotatable bonds is 3. The molecule has 0 aliphatic carbocycles. The van der Waals surface area contributed by atoms with Gasteiger partial charge in [0.05, 0.1) is 5.52 Å². The maximum Gasteiger partial charge on any atom is 0.162 e. The Morgan fingerprint density at radius 1 is 0.840 bits per heavy atom. The van der Waals surface area contributed by atoms with Crippen LogP contribution in [-0.2, 0) is 0 Å². The van der Waals surface area contributed by atoms with E-state index in [0.717, 1.165) is 32.4 Å². The van der Waals surface area contributed by atoms with Crippen LogP contribution in [0.25, 0.3) is 22.3 Å². The molecule has 0 radical (unpaired) electrons. The summed E-state index contributed by atoms with van der Waals surface area (Å²) >= 11 is 3.54. The number of nitrogens with zero attached hydrogens (tertiary/aromatic N) is 2. The number of nitrogens with one attached hydrogen (secondary N) is 1. The molecule has 0 amide bonds. The Kier molecular flexibility index (Phi) is 4.20. The lowest BCUT2D eigenvalue weighted by molar-refractivity contribution is 1.22. The van der Waals surface area contributed by atoms with Crippen molar-refractivity contribution in [2.45, 2.75) is 6.92 Å². The van der Waals surface area contributed by atoms with Gasteiger partial charge in [-0.15, -0.1) is 0 Å². The van der Waals surface area contributed by atoms with E-state index in [2.05, 4.69) is 52.4 Å². The zero-order valence-corrected chi connectivity index (χ0v) is 15.3. The summed E-state index contributed by atoms with van der Waals surface area (Å²) in [5, 5.41) is 4.42. The van der Waals surface area contributed by atoms with E-state index in [-0.39, 0.29) is 0 Å². The van der Waals surface area contributed by atoms with Gasteiger partial charge in [0.15, 0.2) is 5.82 Å². The summed E-state index contributed by atoms with van der Waals surface area (Å²) in [6, 6.07) is 24.4. The fraction of sp³-hybridized carbons (Fsp3) is 0.0476. The standard InChI is InChI=1S/C21H16BrN3/c1-14-7-10-17(11-8-14)23-21-18-13-16(22)9-12-19(18)24-20(25-21)15-5-3-2-4-6-15/h2-13H,1H3,(H,23,24,25). The lowest BCUT2D eigenvalue weighted by Crippen LogP contribution is -1.99. The van der Waals surface area contributed by atoms with E-state index < -0.39 is 0 Å². The number of halogens is 1. The molecule has 4 heteroatoms. The van der Waals surface area contributed by atoms with Crippen molar-refractivity contribution >= 4 is 38.3 Å². The van der Waals surface area contributed by atoms with Crippen LogP contribution >= 0.6 is 15.9 Å². The normalized spacial score (nSPS) is 10.8. The van der Waals surface area contributed by atoms with Crippen molar-refractivity contribution < 1.29 is 0 Å². The molecule has 0 fully saturated rings. The number of aryl methyl sites for hydroxylation is 1. The molecular formula is C21H16BrN3. The molecule has 1 aromatic heterocycles. The number of hydrogen-bond donors (Lipinski definition) is 1. The van der Waals surface area contributed by atoms with Crippen LogP contribution in [0, 0.1) is 6.92 Å². The average Bonchev–Trinajstić information content (AvgIpc) is 2.64. The maximum absolute atomic E-state index is 4.79. The largest absolute Gasteiger partial charge is 0.340 e. The topological polar surface area (TPSA) is 37.8 Å². The SMILES string of the molecule is Cc1ccc(Nc2nc(-c3ccccc3)nc3ccc(Br)cc23)cc1. The molecule has 0 atom stereocenters. The Bertz CT molecular complexity index is 1030. The Morgan fingerprint density at radius 2 is 1.60 bits per heavy atom. The first-order valence-corrected chi connectivity index (χ1v) is 8.85. The van der Waals surface area contributed by atoms with E-state index in [1.165, 1.54) is 5.56 Å². The molecule has 0 bridgehead atoms. The van der Waals surface area contributed by atoms with Crippen molar-refractivity contribution in [2.24, 2.45) is 0 Å². The van der Waals surface area contributed by atoms with E-state index >= 15 is 0 Å². The second-order valence-corrected chi connectivity index (χ2v) is 6.83. The molecule has 0 unspecified atom stereocenters. The fourth-order valence-electron chi connectivity index (χ4n) is 2.69. The summed E-state index contributed by atoms with van der Waals surface area (Å²) in [6.45, 7) is 2.08. The molecule has 4 aromatic rings. The zero-order chi connectivity index (χ0) is 17.2. The summed E-state index contributed by atoms with van der Waals surface area (Å²) in [5.41, 5.74) is 4.14. The van der Waals surface area contributed by atoms with Crippen LogP contribution in [0.5, 0.6) is 0 Å². The van der Waals surface area contributed by atoms with Gasteiger partial charge in [0, 0.05) is 21.1 Å². The van der Waals surface area contributed by atoms with Crippen LogP contribution in [0.2, 0.25) is 0 Å². The second-order valence-electron chi connectivity index (χ2n) is 5.91. The highest BCUT2D eigenvalue weighted by Crippen LogP contribution is 2.29. The highest BCUT2D eigenvalue weighted by Gasteiger charge is 2.10. The number of hydrogen-bond acceptors (Lipinski definition) is 3. The Morgan fingerprint density at radius 3 is 2.36 bits per heavy atom. The van der Waals surface area contributed by atoms with E-state index in [9.17, 15) is 0 Å². The minimum atomic E-state index is 0.713.